The standard InChI is InChI=1S/C80H130NO8P/c1-6-8-10-12-14-16-18-20-22-24-26-28-30-32-34-36-38-39-40-41-43-45-47-49-51-53-55-57-59-61-63-65-67-69-71-73-80(83)89-78(77-88-90(84,85)87-75-74-81(3,4)5)76-86-79(82)72-70-68-66-64-62-60-58-56-54-52-50-48-46-44-42-37-35-33-31-29-27-25-23-21-19-17-15-13-11-9-7-2/h8-11,14-17,20-23,26-29,32-35,38-39,41-44,47-50,78H,6-7,12-13,18-19,24-25,30-31,36-37,40,45-46,51-77H2,1-5H3/p+1/b10-8-,11-9-,16-14-,17-15-,22-20-,23-21-,28-26-,29-27-,34-32-,35-33-,39-38-,43-41-,44-42-,49-47-,50-48-. The van der Waals surface area contributed by atoms with Crippen LogP contribution in [-0.4, -0.2) is 74.9 Å². The van der Waals surface area contributed by atoms with Crippen molar-refractivity contribution in [3.05, 3.63) is 182 Å². The number of allylic oxidation sites excluding steroid dienone is 30. The van der Waals surface area contributed by atoms with Gasteiger partial charge in [0, 0.05) is 12.8 Å². The van der Waals surface area contributed by atoms with E-state index in [9.17, 15) is 19.0 Å². The number of phosphoric acid groups is 1. The van der Waals surface area contributed by atoms with Crippen molar-refractivity contribution < 1.29 is 42.1 Å². The molecule has 0 heterocycles. The molecule has 0 aromatic heterocycles. The molecule has 0 aliphatic rings. The number of hydrogen-bond acceptors (Lipinski definition) is 7. The second kappa shape index (κ2) is 68.5. The van der Waals surface area contributed by atoms with E-state index in [-0.39, 0.29) is 32.0 Å². The van der Waals surface area contributed by atoms with Crippen LogP contribution in [-0.2, 0) is 32.7 Å². The van der Waals surface area contributed by atoms with Gasteiger partial charge in [-0.05, 0) is 135 Å². The zero-order valence-electron chi connectivity index (χ0n) is 57.8. The number of unbranched alkanes of at least 4 members (excludes halogenated alkanes) is 19. The molecule has 0 amide bonds. The molecule has 0 fully saturated rings. The Morgan fingerprint density at radius 1 is 0.344 bits per heavy atom. The van der Waals surface area contributed by atoms with Crippen molar-refractivity contribution in [2.75, 3.05) is 47.5 Å². The maximum atomic E-state index is 12.9. The average Bonchev–Trinajstić information content (AvgIpc) is 3.61. The molecule has 90 heavy (non-hydrogen) atoms. The first kappa shape index (κ1) is 85.1. The topological polar surface area (TPSA) is 108 Å². The minimum atomic E-state index is -4.41. The molecule has 0 saturated heterocycles. The molecule has 10 heteroatoms. The SMILES string of the molecule is CC/C=C\C/C=C\C/C=C\C/C=C\C/C=C\C/C=C\C/C=C\C/C=C\CCCCCCCCCCCCC(=O)OC(COC(=O)CCCCCCCCCCC/C=C\C/C=C\C/C=C\C/C=C\C/C=C\C/C=C\C/C=C\CC)COP(=O)(O)OCC[N+](C)(C)C. The zero-order valence-corrected chi connectivity index (χ0v) is 58.7. The monoisotopic (exact) mass is 1260 g/mol. The van der Waals surface area contributed by atoms with Crippen LogP contribution in [0.4, 0.5) is 0 Å². The number of carbonyl (C=O) groups is 2. The quantitative estimate of drug-likeness (QED) is 0.0211. The van der Waals surface area contributed by atoms with Crippen molar-refractivity contribution in [2.45, 2.75) is 264 Å². The van der Waals surface area contributed by atoms with Crippen molar-refractivity contribution in [1.29, 1.82) is 0 Å². The molecule has 0 aromatic carbocycles. The van der Waals surface area contributed by atoms with Gasteiger partial charge in [0.15, 0.2) is 6.10 Å². The third kappa shape index (κ3) is 72.2. The molecule has 0 rings (SSSR count). The summed E-state index contributed by atoms with van der Waals surface area (Å²) in [6.45, 7) is 4.18. The summed E-state index contributed by atoms with van der Waals surface area (Å²) in [5, 5.41) is 0. The normalized spacial score (nSPS) is 14.2. The number of ether oxygens (including phenoxy) is 2. The van der Waals surface area contributed by atoms with Gasteiger partial charge < -0.3 is 18.9 Å². The van der Waals surface area contributed by atoms with Crippen LogP contribution in [0.25, 0.3) is 0 Å². The molecule has 0 saturated carbocycles. The van der Waals surface area contributed by atoms with E-state index in [0.717, 1.165) is 154 Å². The highest BCUT2D eigenvalue weighted by molar-refractivity contribution is 7.47. The molecule has 0 aliphatic carbocycles. The highest BCUT2D eigenvalue weighted by atomic mass is 31.2. The van der Waals surface area contributed by atoms with Gasteiger partial charge in [-0.25, -0.2) is 4.57 Å². The van der Waals surface area contributed by atoms with Crippen molar-refractivity contribution in [1.82, 2.24) is 0 Å². The largest absolute Gasteiger partial charge is 0.472 e. The number of quaternary nitrogens is 1. The van der Waals surface area contributed by atoms with Crippen molar-refractivity contribution >= 4 is 19.8 Å². The van der Waals surface area contributed by atoms with Crippen LogP contribution in [0.5, 0.6) is 0 Å². The van der Waals surface area contributed by atoms with E-state index >= 15 is 0 Å². The Kier molecular flexibility index (Phi) is 64.8. The Bertz CT molecular complexity index is 2170. The number of phosphoric ester groups is 1. The second-order valence-electron chi connectivity index (χ2n) is 24.2. The van der Waals surface area contributed by atoms with Crippen LogP contribution in [0.2, 0.25) is 0 Å². The van der Waals surface area contributed by atoms with Gasteiger partial charge >= 0.3 is 19.8 Å². The number of esters is 2. The molecule has 1 N–H and O–H groups in total. The maximum absolute atomic E-state index is 12.9. The summed E-state index contributed by atoms with van der Waals surface area (Å²) in [5.74, 6) is -0.819. The Morgan fingerprint density at radius 2 is 0.600 bits per heavy atom. The van der Waals surface area contributed by atoms with Gasteiger partial charge in [-0.1, -0.05) is 292 Å². The Hall–Kier alpha value is -4.89. The summed E-state index contributed by atoms with van der Waals surface area (Å²) >= 11 is 0. The number of hydrogen-bond donors (Lipinski definition) is 1. The third-order valence-electron chi connectivity index (χ3n) is 14.4. The fourth-order valence-corrected chi connectivity index (χ4v) is 9.81. The first-order valence-corrected chi connectivity index (χ1v) is 37.0. The number of likely N-dealkylation sites (N-methyl/N-ethyl adjacent to an activating group) is 1. The van der Waals surface area contributed by atoms with E-state index in [1.54, 1.807) is 0 Å². The fourth-order valence-electron chi connectivity index (χ4n) is 9.07. The van der Waals surface area contributed by atoms with E-state index in [1.165, 1.54) is 70.6 Å². The summed E-state index contributed by atoms with van der Waals surface area (Å²) in [6.07, 6.45) is 106. The molecule has 2 unspecified atom stereocenters. The van der Waals surface area contributed by atoms with E-state index < -0.39 is 26.5 Å². The lowest BCUT2D eigenvalue weighted by molar-refractivity contribution is -0.870. The molecule has 0 bridgehead atoms. The number of nitrogens with zero attached hydrogens (tertiary/aromatic N) is 1. The summed E-state index contributed by atoms with van der Waals surface area (Å²) in [7, 11) is 1.45. The van der Waals surface area contributed by atoms with Crippen molar-refractivity contribution in [3.8, 4) is 0 Å². The highest BCUT2D eigenvalue weighted by Gasteiger charge is 2.27. The van der Waals surface area contributed by atoms with Crippen molar-refractivity contribution in [2.24, 2.45) is 0 Å². The molecular weight excluding hydrogens is 1130 g/mol. The maximum Gasteiger partial charge on any atom is 0.472 e. The van der Waals surface area contributed by atoms with Gasteiger partial charge in [0.25, 0.3) is 0 Å². The molecule has 0 radical (unpaired) electrons. The summed E-state index contributed by atoms with van der Waals surface area (Å²) in [6, 6.07) is 0. The summed E-state index contributed by atoms with van der Waals surface area (Å²) < 4.78 is 34.7. The molecule has 2 atom stereocenters. The molecular formula is C80H131NO8P+. The van der Waals surface area contributed by atoms with E-state index in [2.05, 4.69) is 196 Å². The van der Waals surface area contributed by atoms with Gasteiger partial charge in [0.1, 0.15) is 19.8 Å². The van der Waals surface area contributed by atoms with Gasteiger partial charge in [-0.2, -0.15) is 0 Å². The van der Waals surface area contributed by atoms with Gasteiger partial charge in [0.2, 0.25) is 0 Å². The van der Waals surface area contributed by atoms with E-state index in [0.29, 0.717) is 17.4 Å². The fraction of sp³-hybridized carbons (Fsp3) is 0.600. The molecule has 0 spiro atoms. The minimum absolute atomic E-state index is 0.0203. The summed E-state index contributed by atoms with van der Waals surface area (Å²) in [4.78, 5) is 35.9. The molecule has 508 valence electrons. The third-order valence-corrected chi connectivity index (χ3v) is 15.4. The van der Waals surface area contributed by atoms with Crippen LogP contribution in [0.1, 0.15) is 258 Å². The zero-order chi connectivity index (χ0) is 65.5. The lowest BCUT2D eigenvalue weighted by atomic mass is 10.0. The van der Waals surface area contributed by atoms with Crippen LogP contribution in [0.15, 0.2) is 182 Å². The predicted octanol–water partition coefficient (Wildman–Crippen LogP) is 23.5. The Morgan fingerprint density at radius 3 is 0.889 bits per heavy atom. The summed E-state index contributed by atoms with van der Waals surface area (Å²) in [5.41, 5.74) is 0. The second-order valence-corrected chi connectivity index (χ2v) is 25.6. The van der Waals surface area contributed by atoms with Crippen LogP contribution >= 0.6 is 7.82 Å². The average molecular weight is 1270 g/mol. The smallest absolute Gasteiger partial charge is 0.462 e. The van der Waals surface area contributed by atoms with Gasteiger partial charge in [-0.3, -0.25) is 18.6 Å². The van der Waals surface area contributed by atoms with Crippen LogP contribution < -0.4 is 0 Å². The highest BCUT2D eigenvalue weighted by Crippen LogP contribution is 2.43. The lowest BCUT2D eigenvalue weighted by Crippen LogP contribution is -2.37. The molecule has 0 aliphatic heterocycles. The number of carbonyl (C=O) groups excluding carboxylic acids is 2. The molecule has 0 aromatic rings. The Labute approximate surface area is 552 Å². The lowest BCUT2D eigenvalue weighted by Gasteiger charge is -2.24. The van der Waals surface area contributed by atoms with Crippen LogP contribution in [0, 0.1) is 0 Å². The van der Waals surface area contributed by atoms with E-state index in [4.69, 9.17) is 18.5 Å². The van der Waals surface area contributed by atoms with Gasteiger partial charge in [0.05, 0.1) is 27.7 Å². The van der Waals surface area contributed by atoms with Gasteiger partial charge in [-0.15, -0.1) is 0 Å². The first-order valence-electron chi connectivity index (χ1n) is 35.5. The molecule has 9 nitrogen and oxygen atoms in total. The number of rotatable bonds is 63. The van der Waals surface area contributed by atoms with Crippen LogP contribution in [0.3, 0.4) is 0 Å². The minimum Gasteiger partial charge on any atom is -0.462 e. The first-order chi connectivity index (χ1) is 44.0. The van der Waals surface area contributed by atoms with E-state index in [1.807, 2.05) is 21.1 Å². The Balaban J connectivity index is 4.15. The van der Waals surface area contributed by atoms with Crippen molar-refractivity contribution in [3.63, 3.8) is 0 Å². The predicted molar refractivity (Wildman–Crippen MR) is 389 cm³/mol.